The topological polar surface area (TPSA) is 55.4 Å². The molecule has 0 atom stereocenters. The van der Waals surface area contributed by atoms with Gasteiger partial charge in [0.25, 0.3) is 0 Å². The van der Waals surface area contributed by atoms with E-state index in [2.05, 4.69) is 143 Å². The molecule has 0 saturated carbocycles. The molecule has 4 heterocycles. The summed E-state index contributed by atoms with van der Waals surface area (Å²) in [4.78, 5) is 10.4. The van der Waals surface area contributed by atoms with Crippen LogP contribution in [0.2, 0.25) is 0 Å². The number of imidazole rings is 1. The first-order valence-corrected chi connectivity index (χ1v) is 17.7. The SMILES string of the molecule is Oc1ccccc1-c1cc(-c2ccccc2)cc(-c2cccc(-c3nc4ccccn4c3-c3ccc4c5ccccc5n(-c5ccccc5)c4c3)c2)n1. The normalized spacial score (nSPS) is 11.5. The van der Waals surface area contributed by atoms with Crippen LogP contribution in [0, 0.1) is 0 Å². The molecule has 0 spiro atoms. The first-order valence-electron chi connectivity index (χ1n) is 17.7. The third-order valence-corrected chi connectivity index (χ3v) is 10.0. The zero-order valence-electron chi connectivity index (χ0n) is 28.6. The Morgan fingerprint density at radius 3 is 2.00 bits per heavy atom. The summed E-state index contributed by atoms with van der Waals surface area (Å²) in [5.74, 6) is 0.197. The van der Waals surface area contributed by atoms with Crippen LogP contribution in [-0.4, -0.2) is 24.0 Å². The number of para-hydroxylation sites is 3. The van der Waals surface area contributed by atoms with Gasteiger partial charge in [0.1, 0.15) is 11.4 Å². The molecule has 0 aliphatic rings. The van der Waals surface area contributed by atoms with Crippen LogP contribution in [0.3, 0.4) is 0 Å². The molecule has 5 nitrogen and oxygen atoms in total. The van der Waals surface area contributed by atoms with Crippen LogP contribution in [0.1, 0.15) is 0 Å². The van der Waals surface area contributed by atoms with Gasteiger partial charge in [0.2, 0.25) is 0 Å². The monoisotopic (exact) mass is 680 g/mol. The van der Waals surface area contributed by atoms with Gasteiger partial charge in [-0.3, -0.25) is 4.40 Å². The summed E-state index contributed by atoms with van der Waals surface area (Å²) >= 11 is 0. The largest absolute Gasteiger partial charge is 0.507 e. The van der Waals surface area contributed by atoms with Crippen LogP contribution in [0.25, 0.3) is 89.3 Å². The number of aromatic hydroxyl groups is 1. The van der Waals surface area contributed by atoms with Crippen molar-refractivity contribution in [3.05, 3.63) is 188 Å². The van der Waals surface area contributed by atoms with Crippen LogP contribution < -0.4 is 0 Å². The van der Waals surface area contributed by atoms with Crippen LogP contribution in [0.4, 0.5) is 0 Å². The average Bonchev–Trinajstić information content (AvgIpc) is 3.78. The van der Waals surface area contributed by atoms with E-state index in [1.165, 1.54) is 16.3 Å². The Bertz CT molecular complexity index is 2960. The second-order valence-electron chi connectivity index (χ2n) is 13.2. The predicted octanol–water partition coefficient (Wildman–Crippen LogP) is 11.9. The van der Waals surface area contributed by atoms with E-state index in [1.54, 1.807) is 6.07 Å². The zero-order chi connectivity index (χ0) is 35.3. The molecule has 10 rings (SSSR count). The minimum absolute atomic E-state index is 0.197. The lowest BCUT2D eigenvalue weighted by Gasteiger charge is -2.12. The molecule has 1 N–H and O–H groups in total. The smallest absolute Gasteiger partial charge is 0.137 e. The lowest BCUT2D eigenvalue weighted by Crippen LogP contribution is -1.94. The number of nitrogens with zero attached hydrogens (tertiary/aromatic N) is 4. The average molecular weight is 681 g/mol. The summed E-state index contributed by atoms with van der Waals surface area (Å²) in [6.45, 7) is 0. The van der Waals surface area contributed by atoms with Crippen molar-refractivity contribution in [2.24, 2.45) is 0 Å². The molecule has 0 saturated heterocycles. The van der Waals surface area contributed by atoms with Gasteiger partial charge in [-0.15, -0.1) is 0 Å². The van der Waals surface area contributed by atoms with Gasteiger partial charge in [0.05, 0.1) is 33.8 Å². The molecule has 0 radical (unpaired) electrons. The number of pyridine rings is 2. The van der Waals surface area contributed by atoms with Crippen molar-refractivity contribution in [3.8, 4) is 67.6 Å². The molecule has 4 aromatic heterocycles. The summed E-state index contributed by atoms with van der Waals surface area (Å²) < 4.78 is 4.54. The molecule has 0 aliphatic carbocycles. The van der Waals surface area contributed by atoms with Crippen LogP contribution in [-0.2, 0) is 0 Å². The Hall–Kier alpha value is -7.24. The number of phenols is 1. The molecular formula is C48H32N4O. The summed E-state index contributed by atoms with van der Waals surface area (Å²) in [6, 6.07) is 62.4. The second kappa shape index (κ2) is 12.5. The Labute approximate surface area is 306 Å². The highest BCUT2D eigenvalue weighted by molar-refractivity contribution is 6.10. The van der Waals surface area contributed by atoms with E-state index in [-0.39, 0.29) is 5.75 Å². The first kappa shape index (κ1) is 30.6. The molecule has 0 unspecified atom stereocenters. The minimum Gasteiger partial charge on any atom is -0.507 e. The lowest BCUT2D eigenvalue weighted by atomic mass is 9.97. The van der Waals surface area contributed by atoms with Crippen molar-refractivity contribution < 1.29 is 5.11 Å². The quantitative estimate of drug-likeness (QED) is 0.190. The van der Waals surface area contributed by atoms with Gasteiger partial charge in [0.15, 0.2) is 0 Å². The molecule has 5 heteroatoms. The molecule has 0 bridgehead atoms. The van der Waals surface area contributed by atoms with E-state index in [0.717, 1.165) is 61.8 Å². The fourth-order valence-electron chi connectivity index (χ4n) is 7.58. The van der Waals surface area contributed by atoms with E-state index in [0.29, 0.717) is 11.3 Å². The van der Waals surface area contributed by atoms with E-state index in [4.69, 9.17) is 9.97 Å². The number of benzene rings is 6. The maximum atomic E-state index is 10.8. The van der Waals surface area contributed by atoms with Gasteiger partial charge in [-0.25, -0.2) is 9.97 Å². The number of aromatic nitrogens is 4. The summed E-state index contributed by atoms with van der Waals surface area (Å²) in [5.41, 5.74) is 13.5. The maximum absolute atomic E-state index is 10.8. The standard InChI is InChI=1S/C48H32N4O/c53-45-23-10-8-21-40(45)42-30-36(32-14-3-1-4-15-32)29-41(49-42)33-16-13-17-34(28-33)47-48(51-27-12-11-24-46(51)50-47)35-25-26-39-38-20-7-9-22-43(38)52(44(39)31-35)37-18-5-2-6-19-37/h1-31,53H. The molecule has 53 heavy (non-hydrogen) atoms. The van der Waals surface area contributed by atoms with Gasteiger partial charge < -0.3 is 9.67 Å². The van der Waals surface area contributed by atoms with Gasteiger partial charge >= 0.3 is 0 Å². The second-order valence-corrected chi connectivity index (χ2v) is 13.2. The molecule has 0 aliphatic heterocycles. The fourth-order valence-corrected chi connectivity index (χ4v) is 7.58. The number of rotatable bonds is 6. The highest BCUT2D eigenvalue weighted by Gasteiger charge is 2.20. The Kier molecular flexibility index (Phi) is 7.22. The van der Waals surface area contributed by atoms with E-state index in [1.807, 2.05) is 48.5 Å². The molecule has 250 valence electrons. The molecular weight excluding hydrogens is 649 g/mol. The van der Waals surface area contributed by atoms with Gasteiger partial charge in [0, 0.05) is 44.9 Å². The Morgan fingerprint density at radius 2 is 1.13 bits per heavy atom. The van der Waals surface area contributed by atoms with Crippen molar-refractivity contribution in [1.29, 1.82) is 0 Å². The lowest BCUT2D eigenvalue weighted by molar-refractivity contribution is 0.477. The third-order valence-electron chi connectivity index (χ3n) is 10.0. The van der Waals surface area contributed by atoms with Crippen molar-refractivity contribution in [3.63, 3.8) is 0 Å². The molecule has 6 aromatic carbocycles. The van der Waals surface area contributed by atoms with Crippen LogP contribution >= 0.6 is 0 Å². The van der Waals surface area contributed by atoms with Gasteiger partial charge in [-0.1, -0.05) is 115 Å². The zero-order valence-corrected chi connectivity index (χ0v) is 28.6. The fraction of sp³-hybridized carbons (Fsp3) is 0. The third kappa shape index (κ3) is 5.26. The van der Waals surface area contributed by atoms with E-state index < -0.39 is 0 Å². The number of hydrogen-bond acceptors (Lipinski definition) is 3. The first-order chi connectivity index (χ1) is 26.2. The minimum atomic E-state index is 0.197. The van der Waals surface area contributed by atoms with Gasteiger partial charge in [-0.2, -0.15) is 0 Å². The maximum Gasteiger partial charge on any atom is 0.137 e. The summed E-state index contributed by atoms with van der Waals surface area (Å²) in [7, 11) is 0. The van der Waals surface area contributed by atoms with Crippen LogP contribution in [0.15, 0.2) is 188 Å². The highest BCUT2D eigenvalue weighted by Crippen LogP contribution is 2.40. The molecule has 0 amide bonds. The van der Waals surface area contributed by atoms with Crippen LogP contribution in [0.5, 0.6) is 5.75 Å². The Balaban J connectivity index is 1.17. The number of hydrogen-bond donors (Lipinski definition) is 1. The highest BCUT2D eigenvalue weighted by atomic mass is 16.3. The van der Waals surface area contributed by atoms with Crippen molar-refractivity contribution in [1.82, 2.24) is 18.9 Å². The molecule has 10 aromatic rings. The summed E-state index contributed by atoms with van der Waals surface area (Å²) in [5, 5.41) is 13.2. The van der Waals surface area contributed by atoms with Crippen molar-refractivity contribution in [2.45, 2.75) is 0 Å². The van der Waals surface area contributed by atoms with Crippen molar-refractivity contribution in [2.75, 3.05) is 0 Å². The van der Waals surface area contributed by atoms with E-state index in [9.17, 15) is 5.11 Å². The Morgan fingerprint density at radius 1 is 0.434 bits per heavy atom. The summed E-state index contributed by atoms with van der Waals surface area (Å²) in [6.07, 6.45) is 2.09. The van der Waals surface area contributed by atoms with E-state index >= 15 is 0 Å². The van der Waals surface area contributed by atoms with Gasteiger partial charge in [-0.05, 0) is 77.9 Å². The predicted molar refractivity (Wildman–Crippen MR) is 216 cm³/mol. The number of phenolic OH excluding ortho intramolecular Hbond substituents is 1. The molecule has 0 fully saturated rings. The number of fused-ring (bicyclic) bond motifs is 4. The van der Waals surface area contributed by atoms with Crippen molar-refractivity contribution >= 4 is 27.5 Å².